The second-order valence-corrected chi connectivity index (χ2v) is 5.81. The van der Waals surface area contributed by atoms with Crippen LogP contribution in [0, 0.1) is 11.8 Å². The van der Waals surface area contributed by atoms with Crippen molar-refractivity contribution in [3.05, 3.63) is 0 Å². The Morgan fingerprint density at radius 2 is 2.06 bits per heavy atom. The molecule has 0 aromatic rings. The van der Waals surface area contributed by atoms with Gasteiger partial charge in [-0.15, -0.1) is 0 Å². The molecule has 96 valence electrons. The topological polar surface area (TPSA) is 49.4 Å². The lowest BCUT2D eigenvalue weighted by molar-refractivity contribution is -0.134. The van der Waals surface area contributed by atoms with Gasteiger partial charge in [-0.05, 0) is 24.7 Å². The number of carbonyl (C=O) groups excluding carboxylic acids is 2. The molecular formula is C13H22N2O2. The zero-order valence-electron chi connectivity index (χ0n) is 10.9. The van der Waals surface area contributed by atoms with Crippen LogP contribution >= 0.6 is 0 Å². The minimum Gasteiger partial charge on any atom is -0.344 e. The fraction of sp³-hybridized carbons (Fsp3) is 0.846. The van der Waals surface area contributed by atoms with Crippen LogP contribution in [0.2, 0.25) is 0 Å². The molecule has 3 unspecified atom stereocenters. The molecule has 0 bridgehead atoms. The Bertz CT molecular complexity index is 327. The Balaban J connectivity index is 2.08. The molecule has 2 aliphatic rings. The quantitative estimate of drug-likeness (QED) is 0.802. The molecule has 2 amide bonds. The molecule has 2 rings (SSSR count). The average molecular weight is 238 g/mol. The first kappa shape index (κ1) is 12.4. The van der Waals surface area contributed by atoms with E-state index in [9.17, 15) is 9.59 Å². The first-order chi connectivity index (χ1) is 7.99. The predicted molar refractivity (Wildman–Crippen MR) is 65.3 cm³/mol. The monoisotopic (exact) mass is 238 g/mol. The molecule has 0 aromatic heterocycles. The van der Waals surface area contributed by atoms with Crippen molar-refractivity contribution in [2.75, 3.05) is 6.54 Å². The lowest BCUT2D eigenvalue weighted by Gasteiger charge is -2.25. The molecular weight excluding hydrogens is 216 g/mol. The average Bonchev–Trinajstić information content (AvgIpc) is 2.94. The van der Waals surface area contributed by atoms with Crippen LogP contribution in [-0.2, 0) is 9.59 Å². The molecule has 4 nitrogen and oxygen atoms in total. The summed E-state index contributed by atoms with van der Waals surface area (Å²) in [6.45, 7) is 6.91. The van der Waals surface area contributed by atoms with E-state index >= 15 is 0 Å². The number of rotatable bonds is 3. The van der Waals surface area contributed by atoms with Crippen LogP contribution in [0.15, 0.2) is 0 Å². The highest BCUT2D eigenvalue weighted by atomic mass is 16.2. The van der Waals surface area contributed by atoms with E-state index in [-0.39, 0.29) is 17.9 Å². The van der Waals surface area contributed by atoms with E-state index in [1.165, 1.54) is 0 Å². The normalized spacial score (nSPS) is 33.6. The van der Waals surface area contributed by atoms with Gasteiger partial charge in [0.25, 0.3) is 0 Å². The molecule has 1 saturated carbocycles. The summed E-state index contributed by atoms with van der Waals surface area (Å²) in [4.78, 5) is 25.9. The van der Waals surface area contributed by atoms with Crippen molar-refractivity contribution < 1.29 is 9.59 Å². The van der Waals surface area contributed by atoms with Crippen LogP contribution in [0.5, 0.6) is 0 Å². The van der Waals surface area contributed by atoms with Gasteiger partial charge in [0, 0.05) is 19.0 Å². The maximum atomic E-state index is 12.4. The van der Waals surface area contributed by atoms with Crippen molar-refractivity contribution in [1.29, 1.82) is 0 Å². The van der Waals surface area contributed by atoms with Crippen LogP contribution in [0.25, 0.3) is 0 Å². The molecule has 0 radical (unpaired) electrons. The number of amides is 2. The zero-order chi connectivity index (χ0) is 12.6. The standard InChI is InChI=1S/C13H22N2O2/c1-8(2)6-10-13(17)15(11-7-9(11)3)5-4-12(16)14-10/h8-11H,4-7H2,1-3H3,(H,14,16). The van der Waals surface area contributed by atoms with Crippen LogP contribution in [0.1, 0.15) is 40.0 Å². The summed E-state index contributed by atoms with van der Waals surface area (Å²) < 4.78 is 0. The van der Waals surface area contributed by atoms with Crippen molar-refractivity contribution >= 4 is 11.8 Å². The maximum Gasteiger partial charge on any atom is 0.245 e. The minimum atomic E-state index is -0.308. The van der Waals surface area contributed by atoms with Crippen molar-refractivity contribution in [3.8, 4) is 0 Å². The minimum absolute atomic E-state index is 0.0137. The molecule has 1 aliphatic heterocycles. The summed E-state index contributed by atoms with van der Waals surface area (Å²) in [5, 5.41) is 2.86. The number of nitrogens with one attached hydrogen (secondary N) is 1. The summed E-state index contributed by atoms with van der Waals surface area (Å²) in [6, 6.07) is 0.0719. The molecule has 3 atom stereocenters. The predicted octanol–water partition coefficient (Wildman–Crippen LogP) is 1.16. The molecule has 0 spiro atoms. The Morgan fingerprint density at radius 3 is 2.59 bits per heavy atom. The van der Waals surface area contributed by atoms with Crippen molar-refractivity contribution in [2.24, 2.45) is 11.8 Å². The Kier molecular flexibility index (Phi) is 3.40. The van der Waals surface area contributed by atoms with Gasteiger partial charge in [0.05, 0.1) is 0 Å². The molecule has 1 N–H and O–H groups in total. The zero-order valence-corrected chi connectivity index (χ0v) is 10.9. The number of hydrogen-bond donors (Lipinski definition) is 1. The molecule has 1 heterocycles. The highest BCUT2D eigenvalue weighted by Gasteiger charge is 2.43. The fourth-order valence-corrected chi connectivity index (χ4v) is 2.56. The summed E-state index contributed by atoms with van der Waals surface area (Å²) in [5.41, 5.74) is 0. The van der Waals surface area contributed by atoms with Gasteiger partial charge < -0.3 is 10.2 Å². The number of carbonyl (C=O) groups is 2. The molecule has 17 heavy (non-hydrogen) atoms. The molecule has 1 saturated heterocycles. The fourth-order valence-electron chi connectivity index (χ4n) is 2.56. The summed E-state index contributed by atoms with van der Waals surface area (Å²) >= 11 is 0. The Morgan fingerprint density at radius 1 is 1.41 bits per heavy atom. The second kappa shape index (κ2) is 4.67. The van der Waals surface area contributed by atoms with Gasteiger partial charge in [-0.3, -0.25) is 9.59 Å². The van der Waals surface area contributed by atoms with Crippen LogP contribution in [-0.4, -0.2) is 35.3 Å². The van der Waals surface area contributed by atoms with E-state index < -0.39 is 0 Å². The SMILES string of the molecule is CC(C)CC1NC(=O)CCN(C2CC2C)C1=O. The maximum absolute atomic E-state index is 12.4. The van der Waals surface area contributed by atoms with Crippen LogP contribution < -0.4 is 5.32 Å². The summed E-state index contributed by atoms with van der Waals surface area (Å²) in [7, 11) is 0. The third kappa shape index (κ3) is 2.79. The van der Waals surface area contributed by atoms with Gasteiger partial charge in [-0.2, -0.15) is 0 Å². The highest BCUT2D eigenvalue weighted by molar-refractivity contribution is 5.90. The van der Waals surface area contributed by atoms with E-state index in [1.54, 1.807) is 0 Å². The van der Waals surface area contributed by atoms with Gasteiger partial charge in [0.1, 0.15) is 6.04 Å². The molecule has 0 aromatic carbocycles. The van der Waals surface area contributed by atoms with E-state index in [1.807, 2.05) is 4.90 Å². The van der Waals surface area contributed by atoms with E-state index in [4.69, 9.17) is 0 Å². The first-order valence-corrected chi connectivity index (χ1v) is 6.59. The summed E-state index contributed by atoms with van der Waals surface area (Å²) in [6.07, 6.45) is 2.28. The van der Waals surface area contributed by atoms with Gasteiger partial charge in [-0.1, -0.05) is 20.8 Å². The van der Waals surface area contributed by atoms with Crippen molar-refractivity contribution in [2.45, 2.75) is 52.1 Å². The first-order valence-electron chi connectivity index (χ1n) is 6.59. The van der Waals surface area contributed by atoms with Crippen molar-refractivity contribution in [1.82, 2.24) is 10.2 Å². The van der Waals surface area contributed by atoms with Gasteiger partial charge in [-0.25, -0.2) is 0 Å². The van der Waals surface area contributed by atoms with Crippen LogP contribution in [0.3, 0.4) is 0 Å². The third-order valence-corrected chi connectivity index (χ3v) is 3.67. The van der Waals surface area contributed by atoms with Crippen molar-refractivity contribution in [3.63, 3.8) is 0 Å². The smallest absolute Gasteiger partial charge is 0.245 e. The molecule has 4 heteroatoms. The van der Waals surface area contributed by atoms with E-state index in [2.05, 4.69) is 26.1 Å². The largest absolute Gasteiger partial charge is 0.344 e. The second-order valence-electron chi connectivity index (χ2n) is 5.81. The Labute approximate surface area is 103 Å². The van der Waals surface area contributed by atoms with E-state index in [0.29, 0.717) is 30.8 Å². The molecule has 2 fully saturated rings. The lowest BCUT2D eigenvalue weighted by Crippen LogP contribution is -2.46. The van der Waals surface area contributed by atoms with Crippen LogP contribution in [0.4, 0.5) is 0 Å². The van der Waals surface area contributed by atoms with Gasteiger partial charge in [0.15, 0.2) is 0 Å². The van der Waals surface area contributed by atoms with Gasteiger partial charge in [0.2, 0.25) is 11.8 Å². The van der Waals surface area contributed by atoms with Gasteiger partial charge >= 0.3 is 0 Å². The number of hydrogen-bond acceptors (Lipinski definition) is 2. The third-order valence-electron chi connectivity index (χ3n) is 3.67. The summed E-state index contributed by atoms with van der Waals surface area (Å²) in [5.74, 6) is 1.16. The highest BCUT2D eigenvalue weighted by Crippen LogP contribution is 2.36. The number of nitrogens with zero attached hydrogens (tertiary/aromatic N) is 1. The lowest BCUT2D eigenvalue weighted by atomic mass is 10.0. The van der Waals surface area contributed by atoms with E-state index in [0.717, 1.165) is 12.8 Å². The molecule has 1 aliphatic carbocycles. The Hall–Kier alpha value is -1.06.